The minimum atomic E-state index is -4.52. The SMILES string of the molecule is N#Cc1ccc(NCC(=O)Nc2cc(C(F)(F)F)ccc2Cl)cc1. The summed E-state index contributed by atoms with van der Waals surface area (Å²) in [5.41, 5.74) is 0.0559. The molecule has 0 aliphatic rings. The predicted octanol–water partition coefficient (Wildman–Crippen LogP) is 4.28. The van der Waals surface area contributed by atoms with Gasteiger partial charge < -0.3 is 10.6 Å². The molecule has 0 saturated heterocycles. The van der Waals surface area contributed by atoms with Crippen molar-refractivity contribution in [3.63, 3.8) is 0 Å². The van der Waals surface area contributed by atoms with Crippen LogP contribution in [0.2, 0.25) is 5.02 Å². The monoisotopic (exact) mass is 353 g/mol. The molecule has 0 unspecified atom stereocenters. The zero-order chi connectivity index (χ0) is 17.7. The Morgan fingerprint density at radius 3 is 2.42 bits per heavy atom. The number of hydrogen-bond acceptors (Lipinski definition) is 3. The smallest absolute Gasteiger partial charge is 0.376 e. The fourth-order valence-electron chi connectivity index (χ4n) is 1.84. The van der Waals surface area contributed by atoms with Crippen molar-refractivity contribution in [2.75, 3.05) is 17.2 Å². The molecule has 0 fully saturated rings. The van der Waals surface area contributed by atoms with Crippen molar-refractivity contribution in [1.29, 1.82) is 5.26 Å². The number of amides is 1. The molecule has 0 saturated carbocycles. The van der Waals surface area contributed by atoms with Crippen LogP contribution in [0.1, 0.15) is 11.1 Å². The summed E-state index contributed by atoms with van der Waals surface area (Å²) in [6.45, 7) is -0.168. The summed E-state index contributed by atoms with van der Waals surface area (Å²) >= 11 is 5.81. The Bertz CT molecular complexity index is 783. The highest BCUT2D eigenvalue weighted by molar-refractivity contribution is 6.33. The highest BCUT2D eigenvalue weighted by atomic mass is 35.5. The molecule has 0 aliphatic carbocycles. The van der Waals surface area contributed by atoms with Crippen LogP contribution in [0.5, 0.6) is 0 Å². The van der Waals surface area contributed by atoms with Gasteiger partial charge in [-0.25, -0.2) is 0 Å². The van der Waals surface area contributed by atoms with Crippen LogP contribution in [0.25, 0.3) is 0 Å². The standard InChI is InChI=1S/C16H11ClF3N3O/c17-13-6-3-11(16(18,19)20)7-14(13)23-15(24)9-22-12-4-1-10(8-21)2-5-12/h1-7,22H,9H2,(H,23,24). The lowest BCUT2D eigenvalue weighted by molar-refractivity contribution is -0.137. The third kappa shape index (κ3) is 4.64. The number of carbonyl (C=O) groups is 1. The maximum atomic E-state index is 12.7. The van der Waals surface area contributed by atoms with Gasteiger partial charge in [0.1, 0.15) is 0 Å². The van der Waals surface area contributed by atoms with Gasteiger partial charge in [-0.05, 0) is 42.5 Å². The summed E-state index contributed by atoms with van der Waals surface area (Å²) in [7, 11) is 0. The summed E-state index contributed by atoms with van der Waals surface area (Å²) in [6, 6.07) is 11.0. The summed E-state index contributed by atoms with van der Waals surface area (Å²) in [6.07, 6.45) is -4.52. The van der Waals surface area contributed by atoms with Gasteiger partial charge in [0.2, 0.25) is 5.91 Å². The molecule has 0 aliphatic heterocycles. The maximum absolute atomic E-state index is 12.7. The lowest BCUT2D eigenvalue weighted by Crippen LogP contribution is -2.22. The van der Waals surface area contributed by atoms with Crippen molar-refractivity contribution in [2.45, 2.75) is 6.18 Å². The molecule has 0 heterocycles. The molecule has 1 amide bonds. The van der Waals surface area contributed by atoms with Crippen molar-refractivity contribution >= 4 is 28.9 Å². The van der Waals surface area contributed by atoms with E-state index in [1.807, 2.05) is 6.07 Å². The average molecular weight is 354 g/mol. The van der Waals surface area contributed by atoms with Crippen molar-refractivity contribution in [3.8, 4) is 6.07 Å². The van der Waals surface area contributed by atoms with Crippen molar-refractivity contribution in [2.24, 2.45) is 0 Å². The number of anilines is 2. The van der Waals surface area contributed by atoms with E-state index in [2.05, 4.69) is 10.6 Å². The summed E-state index contributed by atoms with van der Waals surface area (Å²) < 4.78 is 38.0. The molecule has 0 aromatic heterocycles. The molecule has 0 atom stereocenters. The normalized spacial score (nSPS) is 10.8. The molecule has 0 bridgehead atoms. The van der Waals surface area contributed by atoms with E-state index in [0.717, 1.165) is 18.2 Å². The fourth-order valence-corrected chi connectivity index (χ4v) is 2.00. The van der Waals surface area contributed by atoms with Gasteiger partial charge in [-0.2, -0.15) is 18.4 Å². The number of halogens is 4. The van der Waals surface area contributed by atoms with E-state index in [1.54, 1.807) is 24.3 Å². The molecule has 24 heavy (non-hydrogen) atoms. The van der Waals surface area contributed by atoms with Crippen molar-refractivity contribution in [3.05, 3.63) is 58.6 Å². The number of rotatable bonds is 4. The van der Waals surface area contributed by atoms with Crippen molar-refractivity contribution < 1.29 is 18.0 Å². The molecule has 0 spiro atoms. The number of alkyl halides is 3. The molecule has 2 N–H and O–H groups in total. The predicted molar refractivity (Wildman–Crippen MR) is 84.7 cm³/mol. The van der Waals surface area contributed by atoms with Gasteiger partial charge in [0, 0.05) is 5.69 Å². The molecule has 124 valence electrons. The summed E-state index contributed by atoms with van der Waals surface area (Å²) in [4.78, 5) is 11.9. The third-order valence-corrected chi connectivity index (χ3v) is 3.36. The topological polar surface area (TPSA) is 64.9 Å². The van der Waals surface area contributed by atoms with E-state index in [0.29, 0.717) is 11.3 Å². The molecule has 2 rings (SSSR count). The number of hydrogen-bond donors (Lipinski definition) is 2. The molecule has 2 aromatic rings. The number of nitrogens with one attached hydrogen (secondary N) is 2. The summed E-state index contributed by atoms with van der Waals surface area (Å²) in [5, 5.41) is 13.8. The molecular weight excluding hydrogens is 343 g/mol. The number of nitriles is 1. The number of benzene rings is 2. The highest BCUT2D eigenvalue weighted by Crippen LogP contribution is 2.33. The Morgan fingerprint density at radius 1 is 1.17 bits per heavy atom. The summed E-state index contributed by atoms with van der Waals surface area (Å²) in [5.74, 6) is -0.555. The van der Waals surface area contributed by atoms with Crippen LogP contribution >= 0.6 is 11.6 Å². The average Bonchev–Trinajstić information content (AvgIpc) is 2.54. The first-order chi connectivity index (χ1) is 11.3. The lowest BCUT2D eigenvalue weighted by Gasteiger charge is -2.12. The minimum Gasteiger partial charge on any atom is -0.376 e. The van der Waals surface area contributed by atoms with Crippen LogP contribution in [0.15, 0.2) is 42.5 Å². The molecular formula is C16H11ClF3N3O. The third-order valence-electron chi connectivity index (χ3n) is 3.03. The van der Waals surface area contributed by atoms with Gasteiger partial charge in [-0.15, -0.1) is 0 Å². The second kappa shape index (κ2) is 7.23. The maximum Gasteiger partial charge on any atom is 0.416 e. The second-order valence-corrected chi connectivity index (χ2v) is 5.19. The van der Waals surface area contributed by atoms with Crippen LogP contribution in [-0.2, 0) is 11.0 Å². The first-order valence-electron chi connectivity index (χ1n) is 6.70. The first-order valence-corrected chi connectivity index (χ1v) is 7.08. The van der Waals surface area contributed by atoms with E-state index in [1.165, 1.54) is 0 Å². The number of carbonyl (C=O) groups excluding carboxylic acids is 1. The Balaban J connectivity index is 2.00. The van der Waals surface area contributed by atoms with E-state index >= 15 is 0 Å². The van der Waals surface area contributed by atoms with Gasteiger partial charge >= 0.3 is 6.18 Å². The largest absolute Gasteiger partial charge is 0.416 e. The zero-order valence-corrected chi connectivity index (χ0v) is 12.9. The van der Waals surface area contributed by atoms with E-state index in [-0.39, 0.29) is 17.3 Å². The van der Waals surface area contributed by atoms with Crippen LogP contribution in [0, 0.1) is 11.3 Å². The number of nitrogens with zero attached hydrogens (tertiary/aromatic N) is 1. The Labute approximate surface area is 140 Å². The van der Waals surface area contributed by atoms with Gasteiger partial charge in [0.05, 0.1) is 34.5 Å². The Morgan fingerprint density at radius 2 is 1.83 bits per heavy atom. The Kier molecular flexibility index (Phi) is 5.31. The van der Waals surface area contributed by atoms with Gasteiger partial charge in [-0.3, -0.25) is 4.79 Å². The van der Waals surface area contributed by atoms with Crippen LogP contribution in [-0.4, -0.2) is 12.5 Å². The molecule has 2 aromatic carbocycles. The van der Waals surface area contributed by atoms with E-state index in [9.17, 15) is 18.0 Å². The zero-order valence-electron chi connectivity index (χ0n) is 12.1. The molecule has 4 nitrogen and oxygen atoms in total. The molecule has 8 heteroatoms. The van der Waals surface area contributed by atoms with Crippen LogP contribution < -0.4 is 10.6 Å². The van der Waals surface area contributed by atoms with Crippen LogP contribution in [0.3, 0.4) is 0 Å². The quantitative estimate of drug-likeness (QED) is 0.862. The van der Waals surface area contributed by atoms with Crippen molar-refractivity contribution in [1.82, 2.24) is 0 Å². The second-order valence-electron chi connectivity index (χ2n) is 4.78. The Hall–Kier alpha value is -2.72. The lowest BCUT2D eigenvalue weighted by atomic mass is 10.2. The fraction of sp³-hybridized carbons (Fsp3) is 0.125. The van der Waals surface area contributed by atoms with Gasteiger partial charge in [0.15, 0.2) is 0 Å². The minimum absolute atomic E-state index is 0.00900. The van der Waals surface area contributed by atoms with Crippen LogP contribution in [0.4, 0.5) is 24.5 Å². The highest BCUT2D eigenvalue weighted by Gasteiger charge is 2.31. The van der Waals surface area contributed by atoms with Gasteiger partial charge in [0.25, 0.3) is 0 Å². The molecule has 0 radical (unpaired) electrons. The van der Waals surface area contributed by atoms with Gasteiger partial charge in [-0.1, -0.05) is 11.6 Å². The van der Waals surface area contributed by atoms with E-state index < -0.39 is 17.6 Å². The van der Waals surface area contributed by atoms with E-state index in [4.69, 9.17) is 16.9 Å². The first kappa shape index (κ1) is 17.6.